The minimum Gasteiger partial charge on any atom is -0.494 e. The Morgan fingerprint density at radius 1 is 0.652 bits per heavy atom. The predicted molar refractivity (Wildman–Crippen MR) is 184 cm³/mol. The number of rotatable bonds is 13. The van der Waals surface area contributed by atoms with Gasteiger partial charge in [0.1, 0.15) is 18.1 Å². The molecule has 2 aliphatic heterocycles. The molecule has 7 heteroatoms. The highest BCUT2D eigenvalue weighted by atomic mass is 32.1. The summed E-state index contributed by atoms with van der Waals surface area (Å²) in [5.41, 5.74) is 4.77. The van der Waals surface area contributed by atoms with E-state index >= 15 is 0 Å². The monoisotopic (exact) mass is 630 g/mol. The number of benzene rings is 4. The molecule has 6 nitrogen and oxygen atoms in total. The maximum absolute atomic E-state index is 12.6. The molecule has 0 N–H and O–H groups in total. The number of unbranched alkanes of at least 4 members (excludes halogenated alkanes) is 1. The van der Waals surface area contributed by atoms with Gasteiger partial charge in [0.2, 0.25) is 0 Å². The highest BCUT2D eigenvalue weighted by Gasteiger charge is 2.34. The third-order valence-electron chi connectivity index (χ3n) is 8.92. The first kappa shape index (κ1) is 30.2. The lowest BCUT2D eigenvalue weighted by Crippen LogP contribution is -2.30. The van der Waals surface area contributed by atoms with Gasteiger partial charge in [-0.1, -0.05) is 42.5 Å². The van der Waals surface area contributed by atoms with E-state index in [2.05, 4.69) is 65.6 Å². The van der Waals surface area contributed by atoms with Crippen molar-refractivity contribution in [3.05, 3.63) is 119 Å². The molecule has 0 radical (unpaired) electrons. The van der Waals surface area contributed by atoms with Crippen molar-refractivity contribution in [2.75, 3.05) is 39.4 Å². The molecule has 234 valence electrons. The first-order valence-corrected chi connectivity index (χ1v) is 17.1. The van der Waals surface area contributed by atoms with Gasteiger partial charge in [-0.2, -0.15) is 0 Å². The number of likely N-dealkylation sites (tertiary alicyclic amines) is 1. The topological polar surface area (TPSA) is 59.1 Å². The number of hydrogen-bond acceptors (Lipinski definition) is 6. The van der Waals surface area contributed by atoms with Crippen LogP contribution < -0.4 is 9.47 Å². The van der Waals surface area contributed by atoms with Gasteiger partial charge in [-0.15, -0.1) is 11.3 Å². The number of carbonyl (C=O) groups excluding carboxylic acids is 2. The number of fused-ring (bicyclic) bond motifs is 2. The predicted octanol–water partition coefficient (Wildman–Crippen LogP) is 8.09. The number of nitrogens with zero attached hydrogens (tertiary/aromatic N) is 2. The highest BCUT2D eigenvalue weighted by Crippen LogP contribution is 2.40. The van der Waals surface area contributed by atoms with Crippen LogP contribution in [0.1, 0.15) is 57.5 Å². The fraction of sp³-hybridized carbons (Fsp3) is 0.282. The van der Waals surface area contributed by atoms with Crippen LogP contribution in [0.15, 0.2) is 97.1 Å². The molecule has 0 saturated carbocycles. The molecular weight excluding hydrogens is 593 g/mol. The summed E-state index contributed by atoms with van der Waals surface area (Å²) < 4.78 is 13.4. The van der Waals surface area contributed by atoms with Crippen LogP contribution in [0.5, 0.6) is 11.5 Å². The van der Waals surface area contributed by atoms with Crippen LogP contribution in [0.3, 0.4) is 0 Å². The molecule has 3 heterocycles. The number of hydrogen-bond donors (Lipinski definition) is 0. The zero-order valence-corrected chi connectivity index (χ0v) is 26.8. The molecule has 7 rings (SSSR count). The zero-order chi connectivity index (χ0) is 31.3. The molecule has 5 aromatic rings. The van der Waals surface area contributed by atoms with Gasteiger partial charge in [-0.05, 0) is 122 Å². The SMILES string of the molecule is O=C1c2ccccc2C(=O)N1CCCCOc1ccc(-c2sc3ccccc3c2Cc2ccc(OCCN3CCCC3)cc2)cc1. The first-order valence-electron chi connectivity index (χ1n) is 16.3. The largest absolute Gasteiger partial charge is 0.494 e. The molecule has 0 aliphatic carbocycles. The lowest BCUT2D eigenvalue weighted by atomic mass is 9.99. The summed E-state index contributed by atoms with van der Waals surface area (Å²) in [4.78, 5) is 30.3. The minimum atomic E-state index is -0.202. The summed E-state index contributed by atoms with van der Waals surface area (Å²) in [6.07, 6.45) is 4.89. The van der Waals surface area contributed by atoms with E-state index in [0.29, 0.717) is 30.7 Å². The second kappa shape index (κ2) is 13.9. The Balaban J connectivity index is 0.950. The molecule has 0 atom stereocenters. The van der Waals surface area contributed by atoms with Crippen LogP contribution in [0, 0.1) is 0 Å². The van der Waals surface area contributed by atoms with E-state index in [-0.39, 0.29) is 11.8 Å². The van der Waals surface area contributed by atoms with Gasteiger partial charge in [0, 0.05) is 22.7 Å². The summed E-state index contributed by atoms with van der Waals surface area (Å²) in [5, 5.41) is 1.30. The summed E-state index contributed by atoms with van der Waals surface area (Å²) in [6, 6.07) is 32.6. The van der Waals surface area contributed by atoms with Crippen LogP contribution >= 0.6 is 11.3 Å². The van der Waals surface area contributed by atoms with Gasteiger partial charge in [0.25, 0.3) is 11.8 Å². The second-order valence-corrected chi connectivity index (χ2v) is 13.1. The number of thiophene rings is 1. The Hall–Kier alpha value is -4.46. The lowest BCUT2D eigenvalue weighted by molar-refractivity contribution is 0.0649. The Bertz CT molecular complexity index is 1790. The zero-order valence-electron chi connectivity index (χ0n) is 26.0. The number of ether oxygens (including phenoxy) is 2. The van der Waals surface area contributed by atoms with Crippen molar-refractivity contribution in [1.29, 1.82) is 0 Å². The second-order valence-electron chi connectivity index (χ2n) is 12.0. The van der Waals surface area contributed by atoms with Crippen molar-refractivity contribution >= 4 is 33.2 Å². The third kappa shape index (κ3) is 6.57. The number of amides is 2. The molecule has 1 aromatic heterocycles. The molecule has 46 heavy (non-hydrogen) atoms. The molecule has 4 aromatic carbocycles. The highest BCUT2D eigenvalue weighted by molar-refractivity contribution is 7.22. The standard InChI is InChI=1S/C39H38N2O4S/c42-38-33-10-1-2-11-34(33)39(43)41(38)23-7-8-25-44-31-19-15-29(16-20-31)37-35(32-9-3-4-12-36(32)46-37)27-28-13-17-30(18-14-28)45-26-24-40-21-5-6-22-40/h1-4,9-20H,5-8,21-27H2. The Morgan fingerprint density at radius 3 is 2.00 bits per heavy atom. The quantitative estimate of drug-likeness (QED) is 0.0972. The van der Waals surface area contributed by atoms with Gasteiger partial charge in [-0.25, -0.2) is 0 Å². The van der Waals surface area contributed by atoms with E-state index in [1.165, 1.54) is 62.5 Å². The molecule has 2 amide bonds. The normalized spacial score (nSPS) is 14.7. The molecular formula is C39H38N2O4S. The Morgan fingerprint density at radius 2 is 1.28 bits per heavy atom. The van der Waals surface area contributed by atoms with Gasteiger partial charge in [0.05, 0.1) is 17.7 Å². The molecule has 2 aliphatic rings. The molecule has 1 saturated heterocycles. The van der Waals surface area contributed by atoms with Crippen molar-refractivity contribution in [3.8, 4) is 21.9 Å². The van der Waals surface area contributed by atoms with Crippen LogP contribution in [-0.4, -0.2) is 61.0 Å². The third-order valence-corrected chi connectivity index (χ3v) is 10.2. The van der Waals surface area contributed by atoms with E-state index < -0.39 is 0 Å². The first-order chi connectivity index (χ1) is 22.6. The Labute approximate surface area is 274 Å². The Kier molecular flexibility index (Phi) is 9.12. The average molecular weight is 631 g/mol. The maximum Gasteiger partial charge on any atom is 0.261 e. The summed E-state index contributed by atoms with van der Waals surface area (Å²) in [7, 11) is 0. The molecule has 0 bridgehead atoms. The van der Waals surface area contributed by atoms with Crippen LogP contribution in [-0.2, 0) is 6.42 Å². The number of carbonyl (C=O) groups is 2. The van der Waals surface area contributed by atoms with Crippen molar-refractivity contribution in [1.82, 2.24) is 9.80 Å². The maximum atomic E-state index is 12.6. The lowest BCUT2D eigenvalue weighted by Gasteiger charge is -2.15. The van der Waals surface area contributed by atoms with Crippen LogP contribution in [0.4, 0.5) is 0 Å². The fourth-order valence-corrected chi connectivity index (χ4v) is 7.65. The van der Waals surface area contributed by atoms with E-state index in [0.717, 1.165) is 37.5 Å². The van der Waals surface area contributed by atoms with Crippen LogP contribution in [0.25, 0.3) is 20.5 Å². The van der Waals surface area contributed by atoms with Crippen molar-refractivity contribution in [2.45, 2.75) is 32.1 Å². The molecule has 1 fully saturated rings. The van der Waals surface area contributed by atoms with E-state index in [4.69, 9.17) is 9.47 Å². The average Bonchev–Trinajstić information content (AvgIpc) is 3.80. The van der Waals surface area contributed by atoms with Gasteiger partial charge >= 0.3 is 0 Å². The van der Waals surface area contributed by atoms with Crippen LogP contribution in [0.2, 0.25) is 0 Å². The van der Waals surface area contributed by atoms with E-state index in [1.54, 1.807) is 24.3 Å². The number of imide groups is 1. The van der Waals surface area contributed by atoms with E-state index in [1.807, 2.05) is 23.5 Å². The van der Waals surface area contributed by atoms with Gasteiger partial charge in [0.15, 0.2) is 0 Å². The van der Waals surface area contributed by atoms with Crippen molar-refractivity contribution in [2.24, 2.45) is 0 Å². The summed E-state index contributed by atoms with van der Waals surface area (Å²) >= 11 is 1.83. The molecule has 0 unspecified atom stereocenters. The fourth-order valence-electron chi connectivity index (χ4n) is 6.42. The summed E-state index contributed by atoms with van der Waals surface area (Å²) in [5.74, 6) is 1.34. The minimum absolute atomic E-state index is 0.202. The summed E-state index contributed by atoms with van der Waals surface area (Å²) in [6.45, 7) is 5.03. The molecule has 0 spiro atoms. The van der Waals surface area contributed by atoms with Crippen molar-refractivity contribution < 1.29 is 19.1 Å². The van der Waals surface area contributed by atoms with Gasteiger partial charge in [-0.3, -0.25) is 19.4 Å². The smallest absolute Gasteiger partial charge is 0.261 e. The van der Waals surface area contributed by atoms with Crippen molar-refractivity contribution in [3.63, 3.8) is 0 Å². The van der Waals surface area contributed by atoms with Gasteiger partial charge < -0.3 is 9.47 Å². The van der Waals surface area contributed by atoms with E-state index in [9.17, 15) is 9.59 Å².